The summed E-state index contributed by atoms with van der Waals surface area (Å²) in [5.74, 6) is 2.07. The molecule has 7 nitrogen and oxygen atoms in total. The van der Waals surface area contributed by atoms with Crippen LogP contribution in [0.4, 0.5) is 0 Å². The smallest absolute Gasteiger partial charge is 0.250 e. The van der Waals surface area contributed by atoms with Crippen molar-refractivity contribution >= 4 is 38.6 Å². The molecule has 5 rings (SSSR count). The minimum Gasteiger partial charge on any atom is -0.366 e. The van der Waals surface area contributed by atoms with Crippen molar-refractivity contribution in [2.45, 2.75) is 31.7 Å². The third-order valence-corrected chi connectivity index (χ3v) is 10.2. The van der Waals surface area contributed by atoms with Crippen molar-refractivity contribution < 1.29 is 13.2 Å². The number of nitrogens with two attached hydrogens (primary N) is 1. The van der Waals surface area contributed by atoms with E-state index in [9.17, 15) is 13.2 Å². The van der Waals surface area contributed by atoms with Gasteiger partial charge in [0.2, 0.25) is 10.0 Å². The fourth-order valence-corrected chi connectivity index (χ4v) is 7.40. The molecule has 4 N–H and O–H groups in total. The number of primary amides is 1. The molecule has 2 saturated heterocycles. The van der Waals surface area contributed by atoms with Gasteiger partial charge in [0.15, 0.2) is 0 Å². The SMILES string of the molecule is CCS(=O)(=O)N1CCC(c2c[nH]c3c(C(N)=O)cc(-c4cccc(C5CSCCN5)c4)cc23)CC1. The van der Waals surface area contributed by atoms with Crippen LogP contribution in [0.2, 0.25) is 0 Å². The quantitative estimate of drug-likeness (QED) is 0.465. The standard InChI is InChI=1S/C26H32N4O3S2/c1-2-35(32,33)30-9-6-17(7-10-30)23-15-29-25-21(23)13-20(14-22(25)26(27)31)18-4-3-5-19(12-18)24-16-34-11-8-28-24/h3-5,12-15,17,24,28-29H,2,6-11,16H2,1H3,(H2,27,31). The van der Waals surface area contributed by atoms with Crippen molar-refractivity contribution in [3.8, 4) is 11.1 Å². The number of thioether (sulfide) groups is 1. The number of nitrogens with zero attached hydrogens (tertiary/aromatic N) is 1. The number of hydrogen-bond donors (Lipinski definition) is 3. The predicted molar refractivity (Wildman–Crippen MR) is 143 cm³/mol. The van der Waals surface area contributed by atoms with E-state index in [-0.39, 0.29) is 11.7 Å². The van der Waals surface area contributed by atoms with Crippen LogP contribution in [0.15, 0.2) is 42.6 Å². The van der Waals surface area contributed by atoms with E-state index < -0.39 is 15.9 Å². The van der Waals surface area contributed by atoms with Gasteiger partial charge in [-0.25, -0.2) is 12.7 Å². The first-order valence-corrected chi connectivity index (χ1v) is 15.0. The van der Waals surface area contributed by atoms with E-state index in [1.165, 1.54) is 5.56 Å². The summed E-state index contributed by atoms with van der Waals surface area (Å²) in [6, 6.07) is 12.8. The molecule has 1 amide bonds. The van der Waals surface area contributed by atoms with Crippen LogP contribution < -0.4 is 11.1 Å². The second-order valence-corrected chi connectivity index (χ2v) is 12.7. The molecule has 0 radical (unpaired) electrons. The summed E-state index contributed by atoms with van der Waals surface area (Å²) in [6.45, 7) is 3.73. The first kappa shape index (κ1) is 24.4. The lowest BCUT2D eigenvalue weighted by molar-refractivity contribution is 0.100. The molecule has 2 fully saturated rings. The van der Waals surface area contributed by atoms with Crippen LogP contribution in [0.3, 0.4) is 0 Å². The minimum absolute atomic E-state index is 0.129. The summed E-state index contributed by atoms with van der Waals surface area (Å²) < 4.78 is 26.2. The van der Waals surface area contributed by atoms with E-state index >= 15 is 0 Å². The number of benzene rings is 2. The maximum Gasteiger partial charge on any atom is 0.250 e. The number of piperidine rings is 1. The van der Waals surface area contributed by atoms with E-state index in [1.54, 1.807) is 11.2 Å². The third-order valence-electron chi connectivity index (χ3n) is 7.28. The molecule has 0 bridgehead atoms. The summed E-state index contributed by atoms with van der Waals surface area (Å²) in [5, 5.41) is 4.58. The second kappa shape index (κ2) is 9.97. The van der Waals surface area contributed by atoms with Crippen molar-refractivity contribution in [1.82, 2.24) is 14.6 Å². The Morgan fingerprint density at radius 3 is 2.66 bits per heavy atom. The number of H-pyrrole nitrogens is 1. The minimum atomic E-state index is -3.17. The zero-order valence-corrected chi connectivity index (χ0v) is 21.6. The maximum absolute atomic E-state index is 12.4. The topological polar surface area (TPSA) is 108 Å². The van der Waals surface area contributed by atoms with Crippen molar-refractivity contribution in [3.63, 3.8) is 0 Å². The molecule has 0 aliphatic carbocycles. The zero-order chi connectivity index (χ0) is 24.6. The molecule has 0 spiro atoms. The molecular formula is C26H32N4O3S2. The molecule has 186 valence electrons. The Kier molecular flexibility index (Phi) is 6.94. The molecule has 2 aromatic carbocycles. The highest BCUT2D eigenvalue weighted by Crippen LogP contribution is 2.37. The van der Waals surface area contributed by atoms with Gasteiger partial charge < -0.3 is 16.0 Å². The van der Waals surface area contributed by atoms with Gasteiger partial charge in [0.25, 0.3) is 5.91 Å². The van der Waals surface area contributed by atoms with Crippen LogP contribution in [0.1, 0.15) is 53.2 Å². The van der Waals surface area contributed by atoms with Crippen molar-refractivity contribution in [2.75, 3.05) is 36.9 Å². The molecule has 2 aliphatic rings. The zero-order valence-electron chi connectivity index (χ0n) is 19.9. The lowest BCUT2D eigenvalue weighted by Gasteiger charge is -2.31. The van der Waals surface area contributed by atoms with Gasteiger partial charge in [-0.05, 0) is 66.1 Å². The van der Waals surface area contributed by atoms with E-state index in [1.807, 2.05) is 24.0 Å². The fourth-order valence-electron chi connectivity index (χ4n) is 5.29. The summed E-state index contributed by atoms with van der Waals surface area (Å²) in [7, 11) is -3.17. The summed E-state index contributed by atoms with van der Waals surface area (Å²) >= 11 is 1.96. The van der Waals surface area contributed by atoms with E-state index in [4.69, 9.17) is 5.73 Å². The first-order chi connectivity index (χ1) is 16.9. The van der Waals surface area contributed by atoms with Crippen molar-refractivity contribution in [2.24, 2.45) is 5.73 Å². The van der Waals surface area contributed by atoms with Crippen molar-refractivity contribution in [3.05, 3.63) is 59.3 Å². The second-order valence-electron chi connectivity index (χ2n) is 9.34. The predicted octanol–water partition coefficient (Wildman–Crippen LogP) is 3.84. The summed E-state index contributed by atoms with van der Waals surface area (Å²) in [5.41, 5.74) is 11.4. The Hall–Kier alpha value is -2.33. The van der Waals surface area contributed by atoms with Crippen LogP contribution in [0.5, 0.6) is 0 Å². The van der Waals surface area contributed by atoms with Crippen LogP contribution in [0.25, 0.3) is 22.0 Å². The van der Waals surface area contributed by atoms with Gasteiger partial charge in [-0.2, -0.15) is 11.8 Å². The number of carbonyl (C=O) groups excluding carboxylic acids is 1. The molecule has 1 unspecified atom stereocenters. The number of hydrogen-bond acceptors (Lipinski definition) is 5. The lowest BCUT2D eigenvalue weighted by Crippen LogP contribution is -2.38. The van der Waals surface area contributed by atoms with Crippen LogP contribution in [-0.4, -0.2) is 60.5 Å². The highest BCUT2D eigenvalue weighted by molar-refractivity contribution is 7.99. The summed E-state index contributed by atoms with van der Waals surface area (Å²) in [4.78, 5) is 15.7. The number of aromatic nitrogens is 1. The molecule has 3 heterocycles. The number of sulfonamides is 1. The number of carbonyl (C=O) groups is 1. The molecule has 1 atom stereocenters. The number of nitrogens with one attached hydrogen (secondary N) is 2. The Morgan fingerprint density at radius 1 is 1.17 bits per heavy atom. The van der Waals surface area contributed by atoms with Gasteiger partial charge in [0, 0.05) is 48.8 Å². The average molecular weight is 513 g/mol. The molecule has 2 aliphatic heterocycles. The number of amides is 1. The molecule has 1 aromatic heterocycles. The van der Waals surface area contributed by atoms with E-state index in [0.29, 0.717) is 24.7 Å². The van der Waals surface area contributed by atoms with E-state index in [2.05, 4.69) is 40.6 Å². The number of fused-ring (bicyclic) bond motifs is 1. The van der Waals surface area contributed by atoms with Gasteiger partial charge in [0.05, 0.1) is 16.8 Å². The molecule has 9 heteroatoms. The van der Waals surface area contributed by atoms with Crippen LogP contribution in [-0.2, 0) is 10.0 Å². The third kappa shape index (κ3) is 4.87. The number of aromatic amines is 1. The average Bonchev–Trinajstić information content (AvgIpc) is 3.32. The van der Waals surface area contributed by atoms with Crippen molar-refractivity contribution in [1.29, 1.82) is 0 Å². The Labute approximate surface area is 210 Å². The molecule has 3 aromatic rings. The molecular weight excluding hydrogens is 480 g/mol. The van der Waals surface area contributed by atoms with Crippen LogP contribution >= 0.6 is 11.8 Å². The first-order valence-electron chi connectivity index (χ1n) is 12.2. The highest BCUT2D eigenvalue weighted by Gasteiger charge is 2.29. The van der Waals surface area contributed by atoms with E-state index in [0.717, 1.165) is 58.5 Å². The Bertz CT molecular complexity index is 1340. The fraction of sp³-hybridized carbons (Fsp3) is 0.423. The Morgan fingerprint density at radius 2 is 1.97 bits per heavy atom. The van der Waals surface area contributed by atoms with Gasteiger partial charge in [-0.15, -0.1) is 0 Å². The maximum atomic E-state index is 12.4. The normalized spacial score (nSPS) is 20.3. The van der Waals surface area contributed by atoms with Crippen LogP contribution in [0, 0.1) is 0 Å². The largest absolute Gasteiger partial charge is 0.366 e. The van der Waals surface area contributed by atoms with Gasteiger partial charge in [-0.3, -0.25) is 4.79 Å². The lowest BCUT2D eigenvalue weighted by atomic mass is 9.88. The van der Waals surface area contributed by atoms with Gasteiger partial charge in [-0.1, -0.05) is 18.2 Å². The Balaban J connectivity index is 1.50. The monoisotopic (exact) mass is 512 g/mol. The molecule has 35 heavy (non-hydrogen) atoms. The van der Waals surface area contributed by atoms with Gasteiger partial charge >= 0.3 is 0 Å². The number of rotatable bonds is 6. The summed E-state index contributed by atoms with van der Waals surface area (Å²) in [6.07, 6.45) is 3.47. The molecule has 0 saturated carbocycles. The van der Waals surface area contributed by atoms with Gasteiger partial charge in [0.1, 0.15) is 0 Å². The highest BCUT2D eigenvalue weighted by atomic mass is 32.2.